The van der Waals surface area contributed by atoms with Crippen LogP contribution in [0.3, 0.4) is 0 Å². The van der Waals surface area contributed by atoms with Gasteiger partial charge in [-0.1, -0.05) is 19.1 Å². The number of ketones is 1. The summed E-state index contributed by atoms with van der Waals surface area (Å²) in [6.45, 7) is 5.15. The van der Waals surface area contributed by atoms with Crippen LogP contribution in [0, 0.1) is 5.92 Å². The first-order valence-electron chi connectivity index (χ1n) is 5.18. The number of rotatable bonds is 5. The van der Waals surface area contributed by atoms with Gasteiger partial charge in [-0.05, 0) is 31.5 Å². The average molecular weight is 206 g/mol. The average Bonchev–Trinajstić information content (AvgIpc) is 2.26. The number of carbonyl (C=O) groups is 1. The van der Waals surface area contributed by atoms with Crippen molar-refractivity contribution in [3.63, 3.8) is 0 Å². The van der Waals surface area contributed by atoms with Gasteiger partial charge in [0.15, 0.2) is 5.78 Å². The first-order chi connectivity index (χ1) is 7.13. The third-order valence-electron chi connectivity index (χ3n) is 2.33. The summed E-state index contributed by atoms with van der Waals surface area (Å²) in [5.41, 5.74) is 7.23. The molecule has 0 amide bonds. The number of anilines is 1. The molecule has 0 aromatic heterocycles. The predicted octanol–water partition coefficient (Wildman–Crippen LogP) is 1.90. The molecule has 0 heterocycles. The standard InChI is InChI=1S/C12H18N2O/c1-9(7-13)8-14-12-5-3-4-11(6-12)10(2)15/h3-6,9,14H,7-8,13H2,1-2H3. The van der Waals surface area contributed by atoms with Crippen LogP contribution in [0.2, 0.25) is 0 Å². The Morgan fingerprint density at radius 2 is 2.27 bits per heavy atom. The summed E-state index contributed by atoms with van der Waals surface area (Å²) in [6.07, 6.45) is 0. The van der Waals surface area contributed by atoms with Crippen LogP contribution in [0.15, 0.2) is 24.3 Å². The Morgan fingerprint density at radius 3 is 2.87 bits per heavy atom. The van der Waals surface area contributed by atoms with Gasteiger partial charge in [0.05, 0.1) is 0 Å². The second-order valence-electron chi connectivity index (χ2n) is 3.86. The first-order valence-corrected chi connectivity index (χ1v) is 5.18. The Hall–Kier alpha value is -1.35. The number of nitrogens with one attached hydrogen (secondary N) is 1. The minimum absolute atomic E-state index is 0.0884. The zero-order chi connectivity index (χ0) is 11.3. The van der Waals surface area contributed by atoms with Gasteiger partial charge in [-0.25, -0.2) is 0 Å². The molecule has 82 valence electrons. The maximum atomic E-state index is 11.1. The van der Waals surface area contributed by atoms with E-state index in [0.29, 0.717) is 12.5 Å². The fraction of sp³-hybridized carbons (Fsp3) is 0.417. The molecule has 0 saturated carbocycles. The first kappa shape index (κ1) is 11.7. The van der Waals surface area contributed by atoms with Gasteiger partial charge >= 0.3 is 0 Å². The lowest BCUT2D eigenvalue weighted by Gasteiger charge is -2.11. The van der Waals surface area contributed by atoms with Crippen molar-refractivity contribution >= 4 is 11.5 Å². The van der Waals surface area contributed by atoms with E-state index < -0.39 is 0 Å². The van der Waals surface area contributed by atoms with E-state index in [4.69, 9.17) is 5.73 Å². The van der Waals surface area contributed by atoms with E-state index in [1.54, 1.807) is 6.92 Å². The van der Waals surface area contributed by atoms with Crippen LogP contribution < -0.4 is 11.1 Å². The summed E-state index contributed by atoms with van der Waals surface area (Å²) in [5.74, 6) is 0.525. The Bertz CT molecular complexity index is 336. The molecule has 0 saturated heterocycles. The van der Waals surface area contributed by atoms with Crippen LogP contribution in [-0.2, 0) is 0 Å². The lowest BCUT2D eigenvalue weighted by molar-refractivity contribution is 0.101. The van der Waals surface area contributed by atoms with E-state index in [1.807, 2.05) is 24.3 Å². The largest absolute Gasteiger partial charge is 0.385 e. The molecule has 0 bridgehead atoms. The summed E-state index contributed by atoms with van der Waals surface area (Å²) >= 11 is 0. The summed E-state index contributed by atoms with van der Waals surface area (Å²) in [4.78, 5) is 11.1. The zero-order valence-electron chi connectivity index (χ0n) is 9.29. The highest BCUT2D eigenvalue weighted by Gasteiger charge is 2.01. The predicted molar refractivity (Wildman–Crippen MR) is 63.2 cm³/mol. The zero-order valence-corrected chi connectivity index (χ0v) is 9.29. The molecule has 1 rings (SSSR count). The number of hydrogen-bond donors (Lipinski definition) is 2. The van der Waals surface area contributed by atoms with E-state index in [0.717, 1.165) is 17.8 Å². The molecule has 0 fully saturated rings. The van der Waals surface area contributed by atoms with Crippen molar-refractivity contribution in [3.05, 3.63) is 29.8 Å². The smallest absolute Gasteiger partial charge is 0.159 e. The maximum absolute atomic E-state index is 11.1. The molecule has 1 atom stereocenters. The molecule has 0 aliphatic heterocycles. The third kappa shape index (κ3) is 3.72. The second kappa shape index (κ2) is 5.51. The van der Waals surface area contributed by atoms with Crippen LogP contribution >= 0.6 is 0 Å². The minimum atomic E-state index is 0.0884. The highest BCUT2D eigenvalue weighted by molar-refractivity contribution is 5.94. The van der Waals surface area contributed by atoms with Crippen LogP contribution in [0.25, 0.3) is 0 Å². The van der Waals surface area contributed by atoms with Crippen molar-refractivity contribution in [1.29, 1.82) is 0 Å². The molecule has 1 aromatic rings. The summed E-state index contributed by atoms with van der Waals surface area (Å²) in [6, 6.07) is 7.52. The molecule has 0 radical (unpaired) electrons. The summed E-state index contributed by atoms with van der Waals surface area (Å²) in [5, 5.41) is 3.26. The van der Waals surface area contributed by atoms with Gasteiger partial charge in [0.1, 0.15) is 0 Å². The SMILES string of the molecule is CC(=O)c1cccc(NCC(C)CN)c1. The van der Waals surface area contributed by atoms with Crippen molar-refractivity contribution in [2.24, 2.45) is 11.7 Å². The number of nitrogens with two attached hydrogens (primary N) is 1. The normalized spacial score (nSPS) is 12.2. The third-order valence-corrected chi connectivity index (χ3v) is 2.33. The molecule has 0 aliphatic carbocycles. The van der Waals surface area contributed by atoms with Gasteiger partial charge in [-0.3, -0.25) is 4.79 Å². The quantitative estimate of drug-likeness (QED) is 0.723. The molecule has 3 heteroatoms. The Balaban J connectivity index is 2.62. The second-order valence-corrected chi connectivity index (χ2v) is 3.86. The van der Waals surface area contributed by atoms with Crippen molar-refractivity contribution < 1.29 is 4.79 Å². The highest BCUT2D eigenvalue weighted by atomic mass is 16.1. The van der Waals surface area contributed by atoms with Gasteiger partial charge in [-0.2, -0.15) is 0 Å². The van der Waals surface area contributed by atoms with Crippen LogP contribution in [0.5, 0.6) is 0 Å². The van der Waals surface area contributed by atoms with Gasteiger partial charge < -0.3 is 11.1 Å². The van der Waals surface area contributed by atoms with Crippen LogP contribution in [-0.4, -0.2) is 18.9 Å². The van der Waals surface area contributed by atoms with E-state index >= 15 is 0 Å². The van der Waals surface area contributed by atoms with E-state index in [1.165, 1.54) is 0 Å². The minimum Gasteiger partial charge on any atom is -0.385 e. The van der Waals surface area contributed by atoms with Crippen LogP contribution in [0.4, 0.5) is 5.69 Å². The maximum Gasteiger partial charge on any atom is 0.159 e. The van der Waals surface area contributed by atoms with E-state index in [2.05, 4.69) is 12.2 Å². The molecule has 1 unspecified atom stereocenters. The van der Waals surface area contributed by atoms with E-state index in [9.17, 15) is 4.79 Å². The topological polar surface area (TPSA) is 55.1 Å². The van der Waals surface area contributed by atoms with Gasteiger partial charge in [-0.15, -0.1) is 0 Å². The Labute approximate surface area is 90.7 Å². The van der Waals surface area contributed by atoms with Crippen molar-refractivity contribution in [2.75, 3.05) is 18.4 Å². The Kier molecular flexibility index (Phi) is 4.31. The summed E-state index contributed by atoms with van der Waals surface area (Å²) in [7, 11) is 0. The number of Topliss-reactive ketones (excluding diaryl/α,β-unsaturated/α-hetero) is 1. The molecule has 15 heavy (non-hydrogen) atoms. The molecule has 3 nitrogen and oxygen atoms in total. The lowest BCUT2D eigenvalue weighted by atomic mass is 10.1. The van der Waals surface area contributed by atoms with Gasteiger partial charge in [0.25, 0.3) is 0 Å². The van der Waals surface area contributed by atoms with Crippen molar-refractivity contribution in [3.8, 4) is 0 Å². The van der Waals surface area contributed by atoms with Gasteiger partial charge in [0, 0.05) is 17.8 Å². The molecule has 0 aliphatic rings. The molecular weight excluding hydrogens is 188 g/mol. The Morgan fingerprint density at radius 1 is 1.53 bits per heavy atom. The molecular formula is C12H18N2O. The number of benzene rings is 1. The van der Waals surface area contributed by atoms with E-state index in [-0.39, 0.29) is 5.78 Å². The molecule has 3 N–H and O–H groups in total. The fourth-order valence-electron chi connectivity index (χ4n) is 1.22. The summed E-state index contributed by atoms with van der Waals surface area (Å²) < 4.78 is 0. The lowest BCUT2D eigenvalue weighted by Crippen LogP contribution is -2.19. The van der Waals surface area contributed by atoms with Crippen molar-refractivity contribution in [1.82, 2.24) is 0 Å². The number of hydrogen-bond acceptors (Lipinski definition) is 3. The number of carbonyl (C=O) groups excluding carboxylic acids is 1. The molecule has 0 spiro atoms. The monoisotopic (exact) mass is 206 g/mol. The highest BCUT2D eigenvalue weighted by Crippen LogP contribution is 2.11. The molecule has 1 aromatic carbocycles. The van der Waals surface area contributed by atoms with Gasteiger partial charge in [0.2, 0.25) is 0 Å². The fourth-order valence-corrected chi connectivity index (χ4v) is 1.22. The van der Waals surface area contributed by atoms with Crippen molar-refractivity contribution in [2.45, 2.75) is 13.8 Å². The van der Waals surface area contributed by atoms with Crippen LogP contribution in [0.1, 0.15) is 24.2 Å².